The predicted molar refractivity (Wildman–Crippen MR) is 150 cm³/mol. The number of anilines is 1. The van der Waals surface area contributed by atoms with Gasteiger partial charge in [-0.15, -0.1) is 0 Å². The van der Waals surface area contributed by atoms with Gasteiger partial charge in [0.05, 0.1) is 10.6 Å². The summed E-state index contributed by atoms with van der Waals surface area (Å²) in [6.07, 6.45) is 0. The third-order valence-corrected chi connectivity index (χ3v) is 8.36. The van der Waals surface area contributed by atoms with E-state index in [2.05, 4.69) is 21.2 Å². The number of rotatable bonds is 10. The zero-order chi connectivity index (χ0) is 27.2. The Balaban J connectivity index is 2.02. The lowest BCUT2D eigenvalue weighted by atomic mass is 10.1. The summed E-state index contributed by atoms with van der Waals surface area (Å²) in [5.74, 6) is -0.901. The molecule has 0 aliphatic rings. The van der Waals surface area contributed by atoms with Gasteiger partial charge in [-0.25, -0.2) is 8.42 Å². The van der Waals surface area contributed by atoms with Crippen LogP contribution in [0.15, 0.2) is 82.2 Å². The van der Waals surface area contributed by atoms with Crippen molar-refractivity contribution in [2.75, 3.05) is 17.4 Å². The Kier molecular flexibility index (Phi) is 10.0. The van der Waals surface area contributed by atoms with Crippen molar-refractivity contribution >= 4 is 66.7 Å². The fourth-order valence-corrected chi connectivity index (χ4v) is 5.57. The molecule has 3 rings (SSSR count). The molecule has 1 N–H and O–H groups in total. The SMILES string of the molecule is CCNC(=O)C(C)N(Cc1ccc(Br)cc1)C(=O)CN(c1cccc(Cl)c1)S(=O)(=O)c1ccc(Cl)cc1. The van der Waals surface area contributed by atoms with Gasteiger partial charge in [0.2, 0.25) is 11.8 Å². The largest absolute Gasteiger partial charge is 0.355 e. The van der Waals surface area contributed by atoms with Gasteiger partial charge in [0.25, 0.3) is 10.0 Å². The van der Waals surface area contributed by atoms with E-state index in [1.807, 2.05) is 24.3 Å². The quantitative estimate of drug-likeness (QED) is 0.322. The number of hydrogen-bond donors (Lipinski definition) is 1. The van der Waals surface area contributed by atoms with Crippen LogP contribution >= 0.6 is 39.1 Å². The van der Waals surface area contributed by atoms with Crippen molar-refractivity contribution in [3.05, 3.63) is 92.9 Å². The molecule has 0 aromatic heterocycles. The van der Waals surface area contributed by atoms with Crippen LogP contribution in [-0.2, 0) is 26.2 Å². The molecule has 0 spiro atoms. The van der Waals surface area contributed by atoms with E-state index in [4.69, 9.17) is 23.2 Å². The Morgan fingerprint density at radius 2 is 1.62 bits per heavy atom. The maximum atomic E-state index is 13.7. The highest BCUT2D eigenvalue weighted by atomic mass is 79.9. The van der Waals surface area contributed by atoms with Gasteiger partial charge in [-0.05, 0) is 74.0 Å². The molecule has 0 saturated heterocycles. The lowest BCUT2D eigenvalue weighted by Crippen LogP contribution is -2.51. The smallest absolute Gasteiger partial charge is 0.264 e. The molecule has 37 heavy (non-hydrogen) atoms. The van der Waals surface area contributed by atoms with Gasteiger partial charge in [0, 0.05) is 27.6 Å². The first-order chi connectivity index (χ1) is 17.5. The number of nitrogens with one attached hydrogen (secondary N) is 1. The third-order valence-electron chi connectivity index (χ3n) is 5.56. The van der Waals surface area contributed by atoms with Crippen LogP contribution in [0.5, 0.6) is 0 Å². The molecule has 0 heterocycles. The minimum Gasteiger partial charge on any atom is -0.355 e. The van der Waals surface area contributed by atoms with Crippen molar-refractivity contribution < 1.29 is 18.0 Å². The number of nitrogens with zero attached hydrogens (tertiary/aromatic N) is 2. The highest BCUT2D eigenvalue weighted by Crippen LogP contribution is 2.27. The summed E-state index contributed by atoms with van der Waals surface area (Å²) in [7, 11) is -4.19. The number of halogens is 3. The van der Waals surface area contributed by atoms with Crippen LogP contribution < -0.4 is 9.62 Å². The number of amides is 2. The zero-order valence-electron chi connectivity index (χ0n) is 20.2. The van der Waals surface area contributed by atoms with E-state index in [1.54, 1.807) is 32.0 Å². The first kappa shape index (κ1) is 29.0. The van der Waals surface area contributed by atoms with E-state index in [1.165, 1.54) is 35.2 Å². The molecule has 1 atom stereocenters. The topological polar surface area (TPSA) is 86.8 Å². The van der Waals surface area contributed by atoms with Crippen LogP contribution in [-0.4, -0.2) is 44.3 Å². The number of sulfonamides is 1. The molecule has 0 aliphatic carbocycles. The maximum Gasteiger partial charge on any atom is 0.264 e. The summed E-state index contributed by atoms with van der Waals surface area (Å²) in [5, 5.41) is 3.41. The van der Waals surface area contributed by atoms with E-state index in [0.717, 1.165) is 14.3 Å². The molecule has 0 radical (unpaired) electrons. The van der Waals surface area contributed by atoms with E-state index < -0.39 is 28.5 Å². The fourth-order valence-electron chi connectivity index (χ4n) is 3.58. The molecule has 0 bridgehead atoms. The van der Waals surface area contributed by atoms with Crippen LogP contribution in [0.25, 0.3) is 0 Å². The van der Waals surface area contributed by atoms with Crippen molar-refractivity contribution in [2.45, 2.75) is 31.3 Å². The van der Waals surface area contributed by atoms with Crippen molar-refractivity contribution in [3.8, 4) is 0 Å². The van der Waals surface area contributed by atoms with E-state index in [9.17, 15) is 18.0 Å². The molecule has 0 saturated carbocycles. The van der Waals surface area contributed by atoms with Gasteiger partial charge in [0.15, 0.2) is 0 Å². The predicted octanol–water partition coefficient (Wildman–Crippen LogP) is 5.50. The van der Waals surface area contributed by atoms with Gasteiger partial charge in [-0.2, -0.15) is 0 Å². The number of benzene rings is 3. The number of hydrogen-bond acceptors (Lipinski definition) is 4. The van der Waals surface area contributed by atoms with E-state index >= 15 is 0 Å². The lowest BCUT2D eigenvalue weighted by molar-refractivity contribution is -0.139. The Bertz CT molecular complexity index is 1350. The monoisotopic (exact) mass is 625 g/mol. The molecule has 0 aliphatic heterocycles. The van der Waals surface area contributed by atoms with Gasteiger partial charge < -0.3 is 10.2 Å². The standard InChI is InChI=1S/C26H26BrCl2N3O4S/c1-3-30-26(34)18(2)31(16-19-7-9-20(27)10-8-19)25(33)17-32(23-6-4-5-22(29)15-23)37(35,36)24-13-11-21(28)12-14-24/h4-15,18H,3,16-17H2,1-2H3,(H,30,34). The fraction of sp³-hybridized carbons (Fsp3) is 0.231. The Morgan fingerprint density at radius 1 is 0.973 bits per heavy atom. The van der Waals surface area contributed by atoms with Crippen LogP contribution in [0, 0.1) is 0 Å². The molecule has 2 amide bonds. The van der Waals surface area contributed by atoms with Crippen molar-refractivity contribution in [1.29, 1.82) is 0 Å². The first-order valence-corrected chi connectivity index (χ1v) is 14.4. The van der Waals surface area contributed by atoms with Crippen molar-refractivity contribution in [2.24, 2.45) is 0 Å². The average molecular weight is 627 g/mol. The number of carbonyl (C=O) groups is 2. The van der Waals surface area contributed by atoms with Gasteiger partial charge in [-0.1, -0.05) is 57.3 Å². The van der Waals surface area contributed by atoms with E-state index in [0.29, 0.717) is 16.6 Å². The second-order valence-electron chi connectivity index (χ2n) is 8.16. The minimum absolute atomic E-state index is 0.0408. The molecule has 3 aromatic rings. The molecular formula is C26H26BrCl2N3O4S. The average Bonchev–Trinajstić information content (AvgIpc) is 2.86. The van der Waals surface area contributed by atoms with Gasteiger partial charge in [0.1, 0.15) is 12.6 Å². The molecule has 0 fully saturated rings. The summed E-state index contributed by atoms with van der Waals surface area (Å²) in [4.78, 5) is 27.8. The summed E-state index contributed by atoms with van der Waals surface area (Å²) in [5.41, 5.74) is 0.993. The highest BCUT2D eigenvalue weighted by molar-refractivity contribution is 9.10. The molecule has 196 valence electrons. The van der Waals surface area contributed by atoms with Crippen molar-refractivity contribution in [3.63, 3.8) is 0 Å². The molecular weight excluding hydrogens is 601 g/mol. The first-order valence-electron chi connectivity index (χ1n) is 11.4. The second-order valence-corrected chi connectivity index (χ2v) is 11.8. The Hall–Kier alpha value is -2.59. The highest BCUT2D eigenvalue weighted by Gasteiger charge is 2.32. The second kappa shape index (κ2) is 12.8. The van der Waals surface area contributed by atoms with Crippen LogP contribution in [0.3, 0.4) is 0 Å². The summed E-state index contributed by atoms with van der Waals surface area (Å²) < 4.78 is 29.3. The minimum atomic E-state index is -4.19. The molecule has 1 unspecified atom stereocenters. The van der Waals surface area contributed by atoms with Crippen LogP contribution in [0.4, 0.5) is 5.69 Å². The summed E-state index contributed by atoms with van der Waals surface area (Å²) in [6, 6.07) is 18.4. The lowest BCUT2D eigenvalue weighted by Gasteiger charge is -2.32. The van der Waals surface area contributed by atoms with Crippen molar-refractivity contribution in [1.82, 2.24) is 10.2 Å². The zero-order valence-corrected chi connectivity index (χ0v) is 24.1. The number of carbonyl (C=O) groups excluding carboxylic acids is 2. The van der Waals surface area contributed by atoms with Gasteiger partial charge >= 0.3 is 0 Å². The van der Waals surface area contributed by atoms with Crippen LogP contribution in [0.1, 0.15) is 19.4 Å². The third kappa shape index (κ3) is 7.47. The Morgan fingerprint density at radius 3 is 2.22 bits per heavy atom. The van der Waals surface area contributed by atoms with Gasteiger partial charge in [-0.3, -0.25) is 13.9 Å². The van der Waals surface area contributed by atoms with E-state index in [-0.39, 0.29) is 23.0 Å². The summed E-state index contributed by atoms with van der Waals surface area (Å²) in [6.45, 7) is 3.34. The normalized spacial score (nSPS) is 12.0. The maximum absolute atomic E-state index is 13.7. The van der Waals surface area contributed by atoms with Crippen LogP contribution in [0.2, 0.25) is 10.0 Å². The molecule has 3 aromatic carbocycles. The molecule has 7 nitrogen and oxygen atoms in total. The number of likely N-dealkylation sites (N-methyl/N-ethyl adjacent to an activating group) is 1. The Labute approximate surface area is 235 Å². The summed E-state index contributed by atoms with van der Waals surface area (Å²) >= 11 is 15.5. The molecule has 11 heteroatoms.